The number of nitrogens with one attached hydrogen (secondary N) is 1. The zero-order valence-corrected chi connectivity index (χ0v) is 14.2. The Morgan fingerprint density at radius 3 is 2.74 bits per heavy atom. The molecule has 0 radical (unpaired) electrons. The topological polar surface area (TPSA) is 79.6 Å². The Labute approximate surface area is 137 Å². The zero-order valence-electron chi connectivity index (χ0n) is 13.4. The second-order valence-corrected chi connectivity index (χ2v) is 8.55. The predicted octanol–water partition coefficient (Wildman–Crippen LogP) is 1.70. The minimum Gasteiger partial charge on any atom is -0.469 e. The fraction of sp³-hybridized carbons (Fsp3) is 0.688. The quantitative estimate of drug-likeness (QED) is 0.855. The van der Waals surface area contributed by atoms with Gasteiger partial charge in [-0.1, -0.05) is 6.92 Å². The highest BCUT2D eigenvalue weighted by molar-refractivity contribution is 7.89. The van der Waals surface area contributed by atoms with Gasteiger partial charge in [0.25, 0.3) is 0 Å². The second-order valence-electron chi connectivity index (χ2n) is 6.46. The van der Waals surface area contributed by atoms with E-state index in [1.165, 1.54) is 0 Å². The molecule has 1 N–H and O–H groups in total. The fourth-order valence-electron chi connectivity index (χ4n) is 3.28. The lowest BCUT2D eigenvalue weighted by atomic mass is 10.1. The first-order valence-electron chi connectivity index (χ1n) is 8.33. The van der Waals surface area contributed by atoms with Crippen molar-refractivity contribution in [2.75, 3.05) is 18.8 Å². The van der Waals surface area contributed by atoms with Crippen LogP contribution in [0.4, 0.5) is 0 Å². The van der Waals surface area contributed by atoms with Crippen LogP contribution in [0, 0.1) is 5.92 Å². The summed E-state index contributed by atoms with van der Waals surface area (Å²) in [4.78, 5) is 12.3. The maximum atomic E-state index is 12.3. The van der Waals surface area contributed by atoms with E-state index in [0.29, 0.717) is 32.4 Å². The number of amides is 1. The van der Waals surface area contributed by atoms with E-state index >= 15 is 0 Å². The molecule has 1 aliphatic carbocycles. The van der Waals surface area contributed by atoms with Crippen molar-refractivity contribution in [2.45, 2.75) is 44.6 Å². The van der Waals surface area contributed by atoms with Crippen LogP contribution in [0.5, 0.6) is 0 Å². The molecular weight excluding hydrogens is 316 g/mol. The molecule has 1 saturated heterocycles. The van der Waals surface area contributed by atoms with E-state index in [-0.39, 0.29) is 29.5 Å². The summed E-state index contributed by atoms with van der Waals surface area (Å²) in [7, 11) is -3.12. The van der Waals surface area contributed by atoms with Crippen molar-refractivity contribution in [3.63, 3.8) is 0 Å². The van der Waals surface area contributed by atoms with Gasteiger partial charge in [0, 0.05) is 31.0 Å². The fourth-order valence-corrected chi connectivity index (χ4v) is 4.82. The van der Waals surface area contributed by atoms with Crippen molar-refractivity contribution in [1.82, 2.24) is 9.62 Å². The Morgan fingerprint density at radius 1 is 1.39 bits per heavy atom. The van der Waals surface area contributed by atoms with Gasteiger partial charge in [-0.3, -0.25) is 4.79 Å². The Kier molecular flexibility index (Phi) is 4.77. The second kappa shape index (κ2) is 6.65. The largest absolute Gasteiger partial charge is 0.469 e. The lowest BCUT2D eigenvalue weighted by Crippen LogP contribution is -2.47. The van der Waals surface area contributed by atoms with E-state index in [2.05, 4.69) is 5.32 Å². The molecule has 2 fully saturated rings. The van der Waals surface area contributed by atoms with Gasteiger partial charge in [-0.2, -0.15) is 0 Å². The molecular formula is C16H24N2O4S. The zero-order chi connectivity index (χ0) is 16.4. The summed E-state index contributed by atoms with van der Waals surface area (Å²) >= 11 is 0. The third-order valence-corrected chi connectivity index (χ3v) is 6.77. The summed E-state index contributed by atoms with van der Waals surface area (Å²) in [6, 6.07) is 3.83. The molecule has 23 heavy (non-hydrogen) atoms. The van der Waals surface area contributed by atoms with Gasteiger partial charge in [0.2, 0.25) is 15.9 Å². The van der Waals surface area contributed by atoms with Gasteiger partial charge in [0.05, 0.1) is 12.0 Å². The van der Waals surface area contributed by atoms with E-state index in [9.17, 15) is 13.2 Å². The normalized spacial score (nSPS) is 26.1. The molecule has 2 atom stereocenters. The smallest absolute Gasteiger partial charge is 0.224 e. The number of hydrogen-bond acceptors (Lipinski definition) is 4. The average molecular weight is 340 g/mol. The minimum absolute atomic E-state index is 0.00278. The summed E-state index contributed by atoms with van der Waals surface area (Å²) in [6.07, 6.45) is 4.48. The van der Waals surface area contributed by atoms with Gasteiger partial charge >= 0.3 is 0 Å². The summed E-state index contributed by atoms with van der Waals surface area (Å²) in [5.74, 6) is 1.36. The number of carbonyl (C=O) groups is 1. The average Bonchev–Trinajstić information content (AvgIpc) is 3.14. The number of furan rings is 1. The molecule has 1 aromatic heterocycles. The Hall–Kier alpha value is -1.34. The van der Waals surface area contributed by atoms with Gasteiger partial charge in [-0.05, 0) is 37.8 Å². The van der Waals surface area contributed by atoms with Crippen LogP contribution in [-0.2, 0) is 14.8 Å². The van der Waals surface area contributed by atoms with Crippen molar-refractivity contribution in [2.24, 2.45) is 5.92 Å². The lowest BCUT2D eigenvalue weighted by molar-refractivity contribution is -0.123. The van der Waals surface area contributed by atoms with Gasteiger partial charge < -0.3 is 9.73 Å². The molecule has 128 valence electrons. The Balaban J connectivity index is 1.45. The highest BCUT2D eigenvalue weighted by atomic mass is 32.2. The van der Waals surface area contributed by atoms with Crippen LogP contribution in [0.25, 0.3) is 0 Å². The number of nitrogens with zero attached hydrogens (tertiary/aromatic N) is 1. The molecule has 6 nitrogen and oxygen atoms in total. The highest BCUT2D eigenvalue weighted by Gasteiger charge is 2.46. The maximum absolute atomic E-state index is 12.3. The van der Waals surface area contributed by atoms with E-state index in [0.717, 1.165) is 12.2 Å². The van der Waals surface area contributed by atoms with E-state index in [4.69, 9.17) is 4.42 Å². The van der Waals surface area contributed by atoms with Crippen LogP contribution in [0.2, 0.25) is 0 Å². The van der Waals surface area contributed by atoms with Crippen molar-refractivity contribution in [3.8, 4) is 0 Å². The van der Waals surface area contributed by atoms with Gasteiger partial charge in [-0.25, -0.2) is 12.7 Å². The molecule has 1 aromatic rings. The highest BCUT2D eigenvalue weighted by Crippen LogP contribution is 2.47. The Morgan fingerprint density at radius 2 is 2.13 bits per heavy atom. The molecule has 2 heterocycles. The van der Waals surface area contributed by atoms with E-state index in [1.54, 1.807) is 10.6 Å². The monoisotopic (exact) mass is 340 g/mol. The summed E-state index contributed by atoms with van der Waals surface area (Å²) in [6.45, 7) is 2.87. The van der Waals surface area contributed by atoms with E-state index < -0.39 is 10.0 Å². The minimum atomic E-state index is -3.12. The molecule has 1 amide bonds. The summed E-state index contributed by atoms with van der Waals surface area (Å²) < 4.78 is 31.0. The van der Waals surface area contributed by atoms with Gasteiger partial charge in [0.1, 0.15) is 5.76 Å². The molecule has 0 bridgehead atoms. The number of rotatable bonds is 6. The number of piperidine rings is 1. The summed E-state index contributed by atoms with van der Waals surface area (Å²) in [5, 5.41) is 3.07. The first-order chi connectivity index (χ1) is 11.0. The first-order valence-corrected chi connectivity index (χ1v) is 9.93. The van der Waals surface area contributed by atoms with Crippen LogP contribution < -0.4 is 5.32 Å². The Bertz CT molecular complexity index is 633. The molecule has 1 aliphatic heterocycles. The van der Waals surface area contributed by atoms with Crippen LogP contribution in [0.1, 0.15) is 44.3 Å². The molecule has 3 rings (SSSR count). The third-order valence-electron chi connectivity index (χ3n) is 4.69. The molecule has 2 aliphatic rings. The molecule has 2 unspecified atom stereocenters. The van der Waals surface area contributed by atoms with Gasteiger partial charge in [-0.15, -0.1) is 0 Å². The van der Waals surface area contributed by atoms with Crippen molar-refractivity contribution in [1.29, 1.82) is 0 Å². The number of sulfonamides is 1. The standard InChI is InChI=1S/C16H24N2O4S/c1-2-10-23(20,21)18-7-5-12(6-8-18)17-16(19)14-11-13(14)15-4-3-9-22-15/h3-4,9,12-14H,2,5-8,10-11H2,1H3,(H,17,19). The SMILES string of the molecule is CCCS(=O)(=O)N1CCC(NC(=O)C2CC2c2ccco2)CC1. The molecule has 1 saturated carbocycles. The van der Waals surface area contributed by atoms with Crippen LogP contribution >= 0.6 is 0 Å². The third kappa shape index (κ3) is 3.77. The van der Waals surface area contributed by atoms with Crippen LogP contribution in [-0.4, -0.2) is 43.5 Å². The predicted molar refractivity (Wildman–Crippen MR) is 86.4 cm³/mol. The van der Waals surface area contributed by atoms with Gasteiger partial charge in [0.15, 0.2) is 0 Å². The number of hydrogen-bond donors (Lipinski definition) is 1. The summed E-state index contributed by atoms with van der Waals surface area (Å²) in [5.41, 5.74) is 0. The van der Waals surface area contributed by atoms with Crippen LogP contribution in [0.3, 0.4) is 0 Å². The lowest BCUT2D eigenvalue weighted by Gasteiger charge is -2.31. The molecule has 0 spiro atoms. The number of carbonyl (C=O) groups excluding carboxylic acids is 1. The maximum Gasteiger partial charge on any atom is 0.224 e. The van der Waals surface area contributed by atoms with Crippen molar-refractivity contribution >= 4 is 15.9 Å². The van der Waals surface area contributed by atoms with Crippen molar-refractivity contribution in [3.05, 3.63) is 24.2 Å². The van der Waals surface area contributed by atoms with Crippen LogP contribution in [0.15, 0.2) is 22.8 Å². The molecule has 0 aromatic carbocycles. The van der Waals surface area contributed by atoms with E-state index in [1.807, 2.05) is 19.1 Å². The first kappa shape index (κ1) is 16.5. The van der Waals surface area contributed by atoms with Crippen molar-refractivity contribution < 1.29 is 17.6 Å². The molecule has 7 heteroatoms.